The van der Waals surface area contributed by atoms with E-state index in [2.05, 4.69) is 0 Å². The molecule has 1 aromatic carbocycles. The van der Waals surface area contributed by atoms with Gasteiger partial charge in [0.25, 0.3) is 11.8 Å². The van der Waals surface area contributed by atoms with Crippen molar-refractivity contribution in [1.29, 1.82) is 0 Å². The van der Waals surface area contributed by atoms with Crippen molar-refractivity contribution >= 4 is 27.6 Å². The highest BCUT2D eigenvalue weighted by molar-refractivity contribution is 7.91. The molecule has 146 valence electrons. The van der Waals surface area contributed by atoms with Gasteiger partial charge in [-0.3, -0.25) is 19.3 Å². The zero-order valence-electron chi connectivity index (χ0n) is 14.9. The maximum Gasteiger partial charge on any atom is 0.262 e. The second-order valence-corrected chi connectivity index (χ2v) is 9.13. The number of furan rings is 1. The number of sulfone groups is 1. The molecule has 0 unspecified atom stereocenters. The van der Waals surface area contributed by atoms with Gasteiger partial charge in [-0.2, -0.15) is 0 Å². The molecule has 0 spiro atoms. The van der Waals surface area contributed by atoms with Crippen LogP contribution in [0, 0.1) is 0 Å². The third-order valence-electron chi connectivity index (χ3n) is 5.05. The highest BCUT2D eigenvalue weighted by atomic mass is 32.2. The van der Waals surface area contributed by atoms with Crippen LogP contribution in [0.25, 0.3) is 0 Å². The van der Waals surface area contributed by atoms with Crippen LogP contribution in [0.4, 0.5) is 0 Å². The van der Waals surface area contributed by atoms with Gasteiger partial charge in [-0.15, -0.1) is 0 Å². The summed E-state index contributed by atoms with van der Waals surface area (Å²) in [7, 11) is -3.22. The van der Waals surface area contributed by atoms with Crippen LogP contribution in [0.5, 0.6) is 0 Å². The lowest BCUT2D eigenvalue weighted by Crippen LogP contribution is -2.47. The first-order valence-electron chi connectivity index (χ1n) is 8.83. The third-order valence-corrected chi connectivity index (χ3v) is 6.80. The molecule has 1 fully saturated rings. The SMILES string of the molecule is O=C1c2ccccc2C(=O)N1CC(=O)N(Cc1ccco1)[C@H]1CCS(=O)(=O)C1. The summed E-state index contributed by atoms with van der Waals surface area (Å²) in [6.45, 7) is -0.362. The van der Waals surface area contributed by atoms with Crippen LogP contribution in [-0.2, 0) is 21.2 Å². The number of carbonyl (C=O) groups is 3. The molecule has 2 aliphatic rings. The monoisotopic (exact) mass is 402 g/mol. The van der Waals surface area contributed by atoms with E-state index < -0.39 is 40.1 Å². The molecule has 0 radical (unpaired) electrons. The highest BCUT2D eigenvalue weighted by Crippen LogP contribution is 2.24. The van der Waals surface area contributed by atoms with E-state index in [1.165, 1.54) is 11.2 Å². The Balaban J connectivity index is 1.56. The van der Waals surface area contributed by atoms with Gasteiger partial charge in [0.05, 0.1) is 35.4 Å². The summed E-state index contributed by atoms with van der Waals surface area (Å²) in [5.41, 5.74) is 0.530. The van der Waals surface area contributed by atoms with Gasteiger partial charge in [0.15, 0.2) is 9.84 Å². The lowest BCUT2D eigenvalue weighted by molar-refractivity contribution is -0.134. The maximum absolute atomic E-state index is 13.0. The number of fused-ring (bicyclic) bond motifs is 1. The van der Waals surface area contributed by atoms with E-state index in [0.29, 0.717) is 12.2 Å². The second kappa shape index (κ2) is 6.90. The summed E-state index contributed by atoms with van der Waals surface area (Å²) in [5.74, 6) is -1.17. The molecule has 9 heteroatoms. The van der Waals surface area contributed by atoms with Crippen LogP contribution in [-0.4, -0.2) is 60.0 Å². The van der Waals surface area contributed by atoms with Gasteiger partial charge in [0.1, 0.15) is 12.3 Å². The van der Waals surface area contributed by atoms with E-state index >= 15 is 0 Å². The Morgan fingerprint density at radius 2 is 1.79 bits per heavy atom. The minimum Gasteiger partial charge on any atom is -0.467 e. The summed E-state index contributed by atoms with van der Waals surface area (Å²) in [5, 5.41) is 0. The Bertz CT molecular complexity index is 1010. The van der Waals surface area contributed by atoms with Crippen molar-refractivity contribution in [3.63, 3.8) is 0 Å². The number of hydrogen-bond donors (Lipinski definition) is 0. The first-order chi connectivity index (χ1) is 13.4. The van der Waals surface area contributed by atoms with Gasteiger partial charge >= 0.3 is 0 Å². The second-order valence-electron chi connectivity index (χ2n) is 6.90. The fraction of sp³-hybridized carbons (Fsp3) is 0.316. The molecule has 1 atom stereocenters. The number of imide groups is 1. The van der Waals surface area contributed by atoms with Crippen molar-refractivity contribution < 1.29 is 27.2 Å². The first-order valence-corrected chi connectivity index (χ1v) is 10.7. The number of rotatable bonds is 5. The standard InChI is InChI=1S/C19H18N2O6S/c22-17(11-21-18(23)15-5-1-2-6-16(15)19(21)24)20(10-14-4-3-8-27-14)13-7-9-28(25,26)12-13/h1-6,8,13H,7,9-12H2/t13-/m0/s1. The van der Waals surface area contributed by atoms with Crippen LogP contribution in [0.15, 0.2) is 47.1 Å². The summed E-state index contributed by atoms with van der Waals surface area (Å²) in [6.07, 6.45) is 1.78. The molecule has 2 aliphatic heterocycles. The third kappa shape index (κ3) is 3.33. The van der Waals surface area contributed by atoms with Gasteiger partial charge in [-0.1, -0.05) is 12.1 Å². The number of nitrogens with zero attached hydrogens (tertiary/aromatic N) is 2. The lowest BCUT2D eigenvalue weighted by Gasteiger charge is -2.29. The molecule has 0 N–H and O–H groups in total. The number of benzene rings is 1. The smallest absolute Gasteiger partial charge is 0.262 e. The fourth-order valence-corrected chi connectivity index (χ4v) is 5.35. The maximum atomic E-state index is 13.0. The van der Waals surface area contributed by atoms with Gasteiger partial charge < -0.3 is 9.32 Å². The van der Waals surface area contributed by atoms with Crippen molar-refractivity contribution in [2.45, 2.75) is 19.0 Å². The summed E-state index contributed by atoms with van der Waals surface area (Å²) < 4.78 is 29.1. The molecule has 3 amide bonds. The Labute approximate surface area is 161 Å². The lowest BCUT2D eigenvalue weighted by atomic mass is 10.1. The van der Waals surface area contributed by atoms with E-state index in [-0.39, 0.29) is 29.2 Å². The molecule has 2 aromatic rings. The average molecular weight is 402 g/mol. The minimum atomic E-state index is -3.22. The molecule has 1 saturated heterocycles. The topological polar surface area (TPSA) is 105 Å². The van der Waals surface area contributed by atoms with Crippen molar-refractivity contribution in [2.24, 2.45) is 0 Å². The van der Waals surface area contributed by atoms with E-state index in [4.69, 9.17) is 4.42 Å². The molecule has 8 nitrogen and oxygen atoms in total. The van der Waals surface area contributed by atoms with Crippen LogP contribution in [0.2, 0.25) is 0 Å². The van der Waals surface area contributed by atoms with Crippen molar-refractivity contribution in [3.8, 4) is 0 Å². The fourth-order valence-electron chi connectivity index (χ4n) is 3.62. The summed E-state index contributed by atoms with van der Waals surface area (Å²) >= 11 is 0. The highest BCUT2D eigenvalue weighted by Gasteiger charge is 2.40. The van der Waals surface area contributed by atoms with Gasteiger partial charge in [0.2, 0.25) is 5.91 Å². The molecule has 1 aromatic heterocycles. The Morgan fingerprint density at radius 3 is 2.32 bits per heavy atom. The Kier molecular flexibility index (Phi) is 4.54. The minimum absolute atomic E-state index is 0.00657. The number of amides is 3. The normalized spacial score (nSPS) is 20.4. The van der Waals surface area contributed by atoms with Gasteiger partial charge in [0, 0.05) is 6.04 Å². The van der Waals surface area contributed by atoms with E-state index in [1.807, 2.05) is 0 Å². The zero-order chi connectivity index (χ0) is 19.9. The van der Waals surface area contributed by atoms with Crippen LogP contribution in [0.1, 0.15) is 32.9 Å². The van der Waals surface area contributed by atoms with Crippen molar-refractivity contribution in [3.05, 3.63) is 59.5 Å². The van der Waals surface area contributed by atoms with Crippen LogP contribution < -0.4 is 0 Å². The average Bonchev–Trinajstić information content (AvgIpc) is 3.36. The summed E-state index contributed by atoms with van der Waals surface area (Å²) in [6, 6.07) is 9.25. The van der Waals surface area contributed by atoms with E-state index in [0.717, 1.165) is 4.90 Å². The molecule has 3 heterocycles. The molecule has 0 bridgehead atoms. The van der Waals surface area contributed by atoms with Gasteiger partial charge in [-0.05, 0) is 30.7 Å². The van der Waals surface area contributed by atoms with Crippen molar-refractivity contribution in [1.82, 2.24) is 9.80 Å². The summed E-state index contributed by atoms with van der Waals surface area (Å²) in [4.78, 5) is 40.4. The van der Waals surface area contributed by atoms with E-state index in [1.54, 1.807) is 36.4 Å². The molecule has 28 heavy (non-hydrogen) atoms. The Hall–Kier alpha value is -2.94. The predicted octanol–water partition coefficient (Wildman–Crippen LogP) is 1.09. The van der Waals surface area contributed by atoms with Gasteiger partial charge in [-0.25, -0.2) is 8.42 Å². The number of carbonyl (C=O) groups excluding carboxylic acids is 3. The zero-order valence-corrected chi connectivity index (χ0v) is 15.7. The molecule has 0 saturated carbocycles. The van der Waals surface area contributed by atoms with E-state index in [9.17, 15) is 22.8 Å². The van der Waals surface area contributed by atoms with Crippen molar-refractivity contribution in [2.75, 3.05) is 18.1 Å². The molecule has 0 aliphatic carbocycles. The first kappa shape index (κ1) is 18.4. The van der Waals surface area contributed by atoms with Crippen LogP contribution in [0.3, 0.4) is 0 Å². The Morgan fingerprint density at radius 1 is 1.11 bits per heavy atom. The molecule has 4 rings (SSSR count). The quantitative estimate of drug-likeness (QED) is 0.694. The van der Waals surface area contributed by atoms with Crippen LogP contribution >= 0.6 is 0 Å². The molecular weight excluding hydrogens is 384 g/mol. The number of hydrogen-bond acceptors (Lipinski definition) is 6. The predicted molar refractivity (Wildman–Crippen MR) is 98.1 cm³/mol. The molecular formula is C19H18N2O6S. The largest absolute Gasteiger partial charge is 0.467 e.